The van der Waals surface area contributed by atoms with Crippen LogP contribution in [-0.4, -0.2) is 13.4 Å². The molecule has 2 rings (SSSR count). The van der Waals surface area contributed by atoms with E-state index in [0.717, 1.165) is 17.2 Å². The molecule has 0 unspecified atom stereocenters. The minimum Gasteiger partial charge on any atom is -0.454 e. The highest BCUT2D eigenvalue weighted by Crippen LogP contribution is 2.34. The van der Waals surface area contributed by atoms with Gasteiger partial charge in [0.2, 0.25) is 6.79 Å². The van der Waals surface area contributed by atoms with Crippen molar-refractivity contribution in [1.29, 1.82) is 0 Å². The molecule has 1 aliphatic heterocycles. The average molecular weight is 181 g/mol. The third-order valence-corrected chi connectivity index (χ3v) is 1.71. The maximum Gasteiger partial charge on any atom is 0.231 e. The van der Waals surface area contributed by atoms with Gasteiger partial charge in [-0.25, -0.2) is 0 Å². The first-order valence-electron chi connectivity index (χ1n) is 4.17. The van der Waals surface area contributed by atoms with E-state index in [0.29, 0.717) is 13.4 Å². The summed E-state index contributed by atoms with van der Waals surface area (Å²) in [7, 11) is 0. The lowest BCUT2D eigenvalue weighted by atomic mass is 10.3. The van der Waals surface area contributed by atoms with Gasteiger partial charge in [0.15, 0.2) is 11.5 Å². The highest BCUT2D eigenvalue weighted by Gasteiger charge is 2.12. The second-order valence-corrected chi connectivity index (χ2v) is 2.60. The Morgan fingerprint density at radius 2 is 2.23 bits per heavy atom. The lowest BCUT2D eigenvalue weighted by Gasteiger charge is -2.04. The van der Waals surface area contributed by atoms with Gasteiger partial charge in [-0.3, -0.25) is 10.3 Å². The summed E-state index contributed by atoms with van der Waals surface area (Å²) in [6.07, 6.45) is 0. The van der Waals surface area contributed by atoms with E-state index >= 15 is 0 Å². The zero-order valence-electron chi connectivity index (χ0n) is 7.37. The van der Waals surface area contributed by atoms with E-state index in [4.69, 9.17) is 14.3 Å². The fraction of sp³-hybridized carbons (Fsp3) is 0.333. The lowest BCUT2D eigenvalue weighted by molar-refractivity contribution is 0.174. The number of rotatable bonds is 3. The molecule has 4 heteroatoms. The van der Waals surface area contributed by atoms with Gasteiger partial charge in [0.05, 0.1) is 12.3 Å². The highest BCUT2D eigenvalue weighted by atomic mass is 16.7. The Morgan fingerprint density at radius 1 is 1.38 bits per heavy atom. The monoisotopic (exact) mass is 181 g/mol. The standard InChI is InChI=1S/C9H11NO3/c1-2-13-10-7-3-4-8-9(5-7)12-6-11-8/h3-5,10H,2,6H2,1H3. The lowest BCUT2D eigenvalue weighted by Crippen LogP contribution is -1.99. The molecule has 0 aliphatic carbocycles. The van der Waals surface area contributed by atoms with Crippen molar-refractivity contribution in [3.63, 3.8) is 0 Å². The third-order valence-electron chi connectivity index (χ3n) is 1.71. The van der Waals surface area contributed by atoms with Crippen molar-refractivity contribution in [2.24, 2.45) is 0 Å². The molecule has 1 aromatic rings. The van der Waals surface area contributed by atoms with Gasteiger partial charge in [-0.05, 0) is 19.1 Å². The Balaban J connectivity index is 2.12. The largest absolute Gasteiger partial charge is 0.454 e. The van der Waals surface area contributed by atoms with E-state index in [2.05, 4.69) is 5.48 Å². The van der Waals surface area contributed by atoms with Gasteiger partial charge in [0.25, 0.3) is 0 Å². The Kier molecular flexibility index (Phi) is 2.23. The van der Waals surface area contributed by atoms with Crippen LogP contribution in [0.4, 0.5) is 5.69 Å². The van der Waals surface area contributed by atoms with Crippen LogP contribution in [0.2, 0.25) is 0 Å². The minimum absolute atomic E-state index is 0.299. The molecular formula is C9H11NO3. The third kappa shape index (κ3) is 1.67. The zero-order valence-corrected chi connectivity index (χ0v) is 7.37. The number of fused-ring (bicyclic) bond motifs is 1. The molecule has 1 N–H and O–H groups in total. The maximum absolute atomic E-state index is 5.20. The van der Waals surface area contributed by atoms with Gasteiger partial charge in [-0.1, -0.05) is 0 Å². The van der Waals surface area contributed by atoms with Crippen molar-refractivity contribution < 1.29 is 14.3 Å². The Morgan fingerprint density at radius 3 is 3.08 bits per heavy atom. The van der Waals surface area contributed by atoms with Crippen LogP contribution in [0.3, 0.4) is 0 Å². The van der Waals surface area contributed by atoms with Gasteiger partial charge in [-0.15, -0.1) is 0 Å². The van der Waals surface area contributed by atoms with Crippen LogP contribution >= 0.6 is 0 Å². The van der Waals surface area contributed by atoms with E-state index in [9.17, 15) is 0 Å². The van der Waals surface area contributed by atoms with E-state index in [1.165, 1.54) is 0 Å². The Bertz CT molecular complexity index is 301. The summed E-state index contributed by atoms with van der Waals surface area (Å²) >= 11 is 0. The van der Waals surface area contributed by atoms with Gasteiger partial charge in [0.1, 0.15) is 0 Å². The predicted octanol–water partition coefficient (Wildman–Crippen LogP) is 1.78. The molecule has 1 aliphatic rings. The van der Waals surface area contributed by atoms with Crippen molar-refractivity contribution in [1.82, 2.24) is 0 Å². The number of benzene rings is 1. The first kappa shape index (κ1) is 8.19. The summed E-state index contributed by atoms with van der Waals surface area (Å²) in [5.74, 6) is 1.53. The highest BCUT2D eigenvalue weighted by molar-refractivity contribution is 5.54. The van der Waals surface area contributed by atoms with Crippen molar-refractivity contribution in [3.05, 3.63) is 18.2 Å². The zero-order chi connectivity index (χ0) is 9.10. The van der Waals surface area contributed by atoms with Crippen LogP contribution in [0.5, 0.6) is 11.5 Å². The van der Waals surface area contributed by atoms with Crippen LogP contribution < -0.4 is 15.0 Å². The molecule has 13 heavy (non-hydrogen) atoms. The molecule has 4 nitrogen and oxygen atoms in total. The molecule has 0 bridgehead atoms. The van der Waals surface area contributed by atoms with Crippen LogP contribution in [0.15, 0.2) is 18.2 Å². The quantitative estimate of drug-likeness (QED) is 0.721. The normalized spacial score (nSPS) is 13.0. The fourth-order valence-corrected chi connectivity index (χ4v) is 1.12. The van der Waals surface area contributed by atoms with Gasteiger partial charge in [0, 0.05) is 6.07 Å². The van der Waals surface area contributed by atoms with E-state index in [1.807, 2.05) is 25.1 Å². The van der Waals surface area contributed by atoms with Crippen molar-refractivity contribution in [3.8, 4) is 11.5 Å². The van der Waals surface area contributed by atoms with Crippen LogP contribution in [0, 0.1) is 0 Å². The second-order valence-electron chi connectivity index (χ2n) is 2.60. The van der Waals surface area contributed by atoms with Crippen LogP contribution in [0.1, 0.15) is 6.92 Å². The maximum atomic E-state index is 5.20. The first-order valence-corrected chi connectivity index (χ1v) is 4.17. The summed E-state index contributed by atoms with van der Waals surface area (Å²) in [5, 5.41) is 0. The SMILES string of the molecule is CCONc1ccc2c(c1)OCO2. The molecule has 0 amide bonds. The Labute approximate surface area is 76.4 Å². The molecule has 1 aromatic carbocycles. The number of nitrogens with one attached hydrogen (secondary N) is 1. The molecule has 0 atom stereocenters. The van der Waals surface area contributed by atoms with Crippen molar-refractivity contribution in [2.75, 3.05) is 18.9 Å². The Hall–Kier alpha value is -1.42. The average Bonchev–Trinajstić information content (AvgIpc) is 2.61. The predicted molar refractivity (Wildman–Crippen MR) is 47.8 cm³/mol. The van der Waals surface area contributed by atoms with Crippen molar-refractivity contribution in [2.45, 2.75) is 6.92 Å². The topological polar surface area (TPSA) is 39.7 Å². The molecule has 1 heterocycles. The second kappa shape index (κ2) is 3.53. The van der Waals surface area contributed by atoms with Gasteiger partial charge < -0.3 is 9.47 Å². The number of hydrogen-bond acceptors (Lipinski definition) is 4. The summed E-state index contributed by atoms with van der Waals surface area (Å²) in [6, 6.07) is 5.57. The summed E-state index contributed by atoms with van der Waals surface area (Å²) in [4.78, 5) is 5.03. The number of anilines is 1. The number of ether oxygens (including phenoxy) is 2. The molecule has 0 spiro atoms. The van der Waals surface area contributed by atoms with E-state index in [1.54, 1.807) is 0 Å². The van der Waals surface area contributed by atoms with Crippen LogP contribution in [-0.2, 0) is 4.84 Å². The fourth-order valence-electron chi connectivity index (χ4n) is 1.12. The van der Waals surface area contributed by atoms with Gasteiger partial charge in [-0.2, -0.15) is 0 Å². The minimum atomic E-state index is 0.299. The smallest absolute Gasteiger partial charge is 0.231 e. The molecule has 0 saturated heterocycles. The van der Waals surface area contributed by atoms with Gasteiger partial charge >= 0.3 is 0 Å². The molecular weight excluding hydrogens is 170 g/mol. The summed E-state index contributed by atoms with van der Waals surface area (Å²) in [6.45, 7) is 2.84. The molecule has 0 saturated carbocycles. The van der Waals surface area contributed by atoms with Crippen molar-refractivity contribution >= 4 is 5.69 Å². The molecule has 70 valence electrons. The first-order chi connectivity index (χ1) is 6.40. The summed E-state index contributed by atoms with van der Waals surface area (Å²) < 4.78 is 10.4. The molecule has 0 radical (unpaired) electrons. The molecule has 0 fully saturated rings. The van der Waals surface area contributed by atoms with E-state index in [-0.39, 0.29) is 0 Å². The van der Waals surface area contributed by atoms with Crippen LogP contribution in [0.25, 0.3) is 0 Å². The molecule has 0 aromatic heterocycles. The van der Waals surface area contributed by atoms with E-state index < -0.39 is 0 Å². The summed E-state index contributed by atoms with van der Waals surface area (Å²) in [5.41, 5.74) is 3.66. The number of hydrogen-bond donors (Lipinski definition) is 1.